The van der Waals surface area contributed by atoms with Crippen LogP contribution in [0.5, 0.6) is 0 Å². The van der Waals surface area contributed by atoms with Crippen molar-refractivity contribution >= 4 is 15.9 Å². The Kier molecular flexibility index (Phi) is 9.74. The second kappa shape index (κ2) is 9.06. The van der Waals surface area contributed by atoms with Gasteiger partial charge in [0.05, 0.1) is 10.1 Å². The van der Waals surface area contributed by atoms with Crippen LogP contribution in [0.4, 0.5) is 0 Å². The second-order valence-corrected chi connectivity index (χ2v) is 4.03. The molecule has 1 aromatic rings. The van der Waals surface area contributed by atoms with Gasteiger partial charge in [0.25, 0.3) is 0 Å². The van der Waals surface area contributed by atoms with E-state index in [4.69, 9.17) is 13.0 Å². The molecular weight excluding hydrogens is 228 g/mol. The molecule has 0 N–H and O–H groups in total. The van der Waals surface area contributed by atoms with Crippen molar-refractivity contribution in [3.8, 4) is 0 Å². The minimum absolute atomic E-state index is 0.121. The Morgan fingerprint density at radius 2 is 1.44 bits per heavy atom. The molecule has 0 aromatic heterocycles. The van der Waals surface area contributed by atoms with Gasteiger partial charge in [0.1, 0.15) is 0 Å². The zero-order valence-corrected chi connectivity index (χ0v) is 10.7. The van der Waals surface area contributed by atoms with E-state index in [1.165, 1.54) is 0 Å². The molecule has 1 rings (SSSR count). The summed E-state index contributed by atoms with van der Waals surface area (Å²) in [5, 5.41) is 0. The van der Waals surface area contributed by atoms with E-state index in [0.717, 1.165) is 5.56 Å². The minimum Gasteiger partial charge on any atom is -0.748 e. The molecule has 0 spiro atoms. The summed E-state index contributed by atoms with van der Waals surface area (Å²) in [5.41, 5.74) is 0.775. The third-order valence-corrected chi connectivity index (χ3v) is 1.18. The molecule has 0 atom stereocenters. The van der Waals surface area contributed by atoms with Crippen LogP contribution in [0.2, 0.25) is 0 Å². The number of rotatable bonds is 1. The normalized spacial score (nSPS) is 9.06. The zero-order chi connectivity index (χ0) is 13.2. The van der Waals surface area contributed by atoms with Gasteiger partial charge in [-0.05, 0) is 6.92 Å². The molecule has 5 heteroatoms. The lowest BCUT2D eigenvalue weighted by Crippen LogP contribution is -1.88. The SMILES string of the molecule is CC.CC(=O)c1ccccc1.CS(=O)(=O)[O-]. The highest BCUT2D eigenvalue weighted by atomic mass is 32.2. The molecule has 0 aliphatic rings. The number of hydrogen-bond donors (Lipinski definition) is 0. The molecule has 0 aliphatic heterocycles. The summed E-state index contributed by atoms with van der Waals surface area (Å²) in [4.78, 5) is 10.6. The van der Waals surface area contributed by atoms with Gasteiger partial charge in [-0.2, -0.15) is 0 Å². The van der Waals surface area contributed by atoms with E-state index >= 15 is 0 Å². The molecule has 0 bridgehead atoms. The molecule has 4 nitrogen and oxygen atoms in total. The van der Waals surface area contributed by atoms with Crippen LogP contribution >= 0.6 is 0 Å². The molecule has 0 heterocycles. The standard InChI is InChI=1S/C8H8O.C2H6.CH4O3S/c1-7(9)8-5-3-2-4-6-8;1-2;1-5(2,3)4/h2-6H,1H3;1-2H3;1H3,(H,2,3,4)/p-1. The maximum atomic E-state index is 10.6. The van der Waals surface area contributed by atoms with E-state index in [9.17, 15) is 4.79 Å². The van der Waals surface area contributed by atoms with E-state index < -0.39 is 10.1 Å². The van der Waals surface area contributed by atoms with Crippen LogP contribution in [0.25, 0.3) is 0 Å². The van der Waals surface area contributed by atoms with E-state index in [0.29, 0.717) is 6.26 Å². The second-order valence-electron chi connectivity index (χ2n) is 2.63. The lowest BCUT2D eigenvalue weighted by molar-refractivity contribution is 0.101. The average molecular weight is 245 g/mol. The summed E-state index contributed by atoms with van der Waals surface area (Å²) < 4.78 is 27.2. The van der Waals surface area contributed by atoms with Gasteiger partial charge in [0.2, 0.25) is 0 Å². The van der Waals surface area contributed by atoms with Crippen LogP contribution < -0.4 is 0 Å². The predicted molar refractivity (Wildman–Crippen MR) is 63.4 cm³/mol. The molecule has 0 saturated carbocycles. The zero-order valence-electron chi connectivity index (χ0n) is 9.93. The van der Waals surface area contributed by atoms with Crippen LogP contribution in [0.1, 0.15) is 31.1 Å². The smallest absolute Gasteiger partial charge is 0.159 e. The topological polar surface area (TPSA) is 74.3 Å². The van der Waals surface area contributed by atoms with Crippen molar-refractivity contribution in [3.05, 3.63) is 35.9 Å². The van der Waals surface area contributed by atoms with Crippen molar-refractivity contribution in [3.63, 3.8) is 0 Å². The summed E-state index contributed by atoms with van der Waals surface area (Å²) in [6.07, 6.45) is 0.604. The van der Waals surface area contributed by atoms with Crippen LogP contribution in [0.15, 0.2) is 30.3 Å². The predicted octanol–water partition coefficient (Wildman–Crippen LogP) is 2.08. The maximum absolute atomic E-state index is 10.6. The van der Waals surface area contributed by atoms with Crippen LogP contribution in [0.3, 0.4) is 0 Å². The molecule has 0 aliphatic carbocycles. The summed E-state index contributed by atoms with van der Waals surface area (Å²) in [7, 11) is -3.92. The van der Waals surface area contributed by atoms with Crippen molar-refractivity contribution in [1.29, 1.82) is 0 Å². The first-order valence-electron chi connectivity index (χ1n) is 4.77. The Labute approximate surface area is 97.1 Å². The molecule has 0 saturated heterocycles. The quantitative estimate of drug-likeness (QED) is 0.560. The Hall–Kier alpha value is -1.20. The van der Waals surface area contributed by atoms with Gasteiger partial charge in [-0.25, -0.2) is 8.42 Å². The first-order valence-corrected chi connectivity index (χ1v) is 6.59. The first kappa shape index (κ1) is 17.2. The van der Waals surface area contributed by atoms with Gasteiger partial charge in [-0.1, -0.05) is 44.2 Å². The number of hydrogen-bond acceptors (Lipinski definition) is 4. The molecule has 0 fully saturated rings. The van der Waals surface area contributed by atoms with Crippen molar-refractivity contribution in [2.45, 2.75) is 20.8 Å². The van der Waals surface area contributed by atoms with E-state index in [1.54, 1.807) is 6.92 Å². The van der Waals surface area contributed by atoms with Crippen molar-refractivity contribution in [2.24, 2.45) is 0 Å². The third-order valence-electron chi connectivity index (χ3n) is 1.18. The number of carbonyl (C=O) groups excluding carboxylic acids is 1. The van der Waals surface area contributed by atoms with Gasteiger partial charge in [0, 0.05) is 11.8 Å². The average Bonchev–Trinajstić information content (AvgIpc) is 2.20. The molecule has 0 unspecified atom stereocenters. The molecule has 16 heavy (non-hydrogen) atoms. The summed E-state index contributed by atoms with van der Waals surface area (Å²) >= 11 is 0. The first-order chi connectivity index (χ1) is 7.30. The Balaban J connectivity index is 0. The Morgan fingerprint density at radius 1 is 1.12 bits per heavy atom. The van der Waals surface area contributed by atoms with Gasteiger partial charge in [-0.15, -0.1) is 0 Å². The molecule has 1 aromatic carbocycles. The fourth-order valence-electron chi connectivity index (χ4n) is 0.673. The number of Topliss-reactive ketones (excluding diaryl/α,β-unsaturated/α-hetero) is 1. The van der Waals surface area contributed by atoms with Gasteiger partial charge >= 0.3 is 0 Å². The Bertz CT molecular complexity index is 374. The summed E-state index contributed by atoms with van der Waals surface area (Å²) in [5.74, 6) is 0.121. The molecule has 0 radical (unpaired) electrons. The lowest BCUT2D eigenvalue weighted by Gasteiger charge is -1.90. The highest BCUT2D eigenvalue weighted by Crippen LogP contribution is 1.97. The molecule has 0 amide bonds. The van der Waals surface area contributed by atoms with Crippen LogP contribution in [-0.4, -0.2) is 25.0 Å². The van der Waals surface area contributed by atoms with E-state index in [2.05, 4.69) is 0 Å². The monoisotopic (exact) mass is 245 g/mol. The maximum Gasteiger partial charge on any atom is 0.159 e. The van der Waals surface area contributed by atoms with E-state index in [-0.39, 0.29) is 5.78 Å². The van der Waals surface area contributed by atoms with Crippen LogP contribution in [0, 0.1) is 0 Å². The lowest BCUT2D eigenvalue weighted by atomic mass is 10.2. The highest BCUT2D eigenvalue weighted by molar-refractivity contribution is 7.84. The number of carbonyl (C=O) groups is 1. The number of ketones is 1. The van der Waals surface area contributed by atoms with Crippen molar-refractivity contribution in [2.75, 3.05) is 6.26 Å². The fourth-order valence-corrected chi connectivity index (χ4v) is 0.673. The highest BCUT2D eigenvalue weighted by Gasteiger charge is 1.92. The van der Waals surface area contributed by atoms with Crippen molar-refractivity contribution in [1.82, 2.24) is 0 Å². The fraction of sp³-hybridized carbons (Fsp3) is 0.364. The number of benzene rings is 1. The van der Waals surface area contributed by atoms with Gasteiger partial charge < -0.3 is 4.55 Å². The minimum atomic E-state index is -3.92. The summed E-state index contributed by atoms with van der Waals surface area (Å²) in [6.45, 7) is 5.56. The van der Waals surface area contributed by atoms with Crippen molar-refractivity contribution < 1.29 is 17.8 Å². The van der Waals surface area contributed by atoms with Crippen LogP contribution in [-0.2, 0) is 10.1 Å². The summed E-state index contributed by atoms with van der Waals surface area (Å²) in [6, 6.07) is 9.23. The largest absolute Gasteiger partial charge is 0.748 e. The third kappa shape index (κ3) is 15.3. The van der Waals surface area contributed by atoms with Gasteiger partial charge in [-0.3, -0.25) is 4.79 Å². The van der Waals surface area contributed by atoms with E-state index in [1.807, 2.05) is 44.2 Å². The molecule has 92 valence electrons. The Morgan fingerprint density at radius 3 is 1.62 bits per heavy atom. The van der Waals surface area contributed by atoms with Gasteiger partial charge in [0.15, 0.2) is 5.78 Å². The molecular formula is C11H17O4S-.